The van der Waals surface area contributed by atoms with Gasteiger partial charge in [-0.3, -0.25) is 9.59 Å². The van der Waals surface area contributed by atoms with Gasteiger partial charge in [0.1, 0.15) is 6.04 Å². The number of amides is 2. The number of nitrogens with zero attached hydrogens (tertiary/aromatic N) is 1. The topological polar surface area (TPSA) is 110 Å². The van der Waals surface area contributed by atoms with Gasteiger partial charge in [0.15, 0.2) is 0 Å². The molecule has 2 amide bonds. The van der Waals surface area contributed by atoms with Crippen LogP contribution in [0.4, 0.5) is 0 Å². The molecular formula is C17H25N3O4S. The molecule has 1 unspecified atom stereocenters. The molecule has 0 aromatic heterocycles. The molecular weight excluding hydrogens is 342 g/mol. The van der Waals surface area contributed by atoms with Gasteiger partial charge < -0.3 is 11.1 Å². The maximum Gasteiger partial charge on any atom is 0.248 e. The number of nitrogens with one attached hydrogen (secondary N) is 1. The van der Waals surface area contributed by atoms with E-state index >= 15 is 0 Å². The van der Waals surface area contributed by atoms with Crippen LogP contribution in [0.25, 0.3) is 0 Å². The van der Waals surface area contributed by atoms with Crippen LogP contribution in [0, 0.1) is 0 Å². The number of rotatable bonds is 8. The van der Waals surface area contributed by atoms with Crippen LogP contribution in [0.1, 0.15) is 42.1 Å². The van der Waals surface area contributed by atoms with E-state index in [0.717, 1.165) is 5.56 Å². The van der Waals surface area contributed by atoms with Crippen molar-refractivity contribution in [3.63, 3.8) is 0 Å². The zero-order valence-electron chi connectivity index (χ0n) is 14.4. The third-order valence-corrected chi connectivity index (χ3v) is 6.33. The minimum atomic E-state index is -3.38. The standard InChI is InChI=1S/C17H25N3O4S/c1-2-11-25(23,24)20-10-4-7-15(20)17(22)19-9-8-13-5-3-6-14(12-13)16(18)21/h3,5-6,12,15H,2,4,7-11H2,1H3,(H2,18,21)(H,19,22). The smallest absolute Gasteiger partial charge is 0.248 e. The van der Waals surface area contributed by atoms with Gasteiger partial charge in [-0.05, 0) is 43.4 Å². The molecule has 138 valence electrons. The van der Waals surface area contributed by atoms with Crippen molar-refractivity contribution >= 4 is 21.8 Å². The van der Waals surface area contributed by atoms with Gasteiger partial charge in [0.05, 0.1) is 5.75 Å². The molecule has 25 heavy (non-hydrogen) atoms. The Morgan fingerprint density at radius 2 is 2.12 bits per heavy atom. The van der Waals surface area contributed by atoms with Crippen LogP contribution in [0.15, 0.2) is 24.3 Å². The summed E-state index contributed by atoms with van der Waals surface area (Å²) >= 11 is 0. The fraction of sp³-hybridized carbons (Fsp3) is 0.529. The average molecular weight is 367 g/mol. The number of carbonyl (C=O) groups excluding carboxylic acids is 2. The molecule has 8 heteroatoms. The lowest BCUT2D eigenvalue weighted by molar-refractivity contribution is -0.124. The van der Waals surface area contributed by atoms with Crippen molar-refractivity contribution in [2.45, 2.75) is 38.6 Å². The van der Waals surface area contributed by atoms with Crippen LogP contribution in [-0.4, -0.2) is 49.4 Å². The first-order valence-corrected chi connectivity index (χ1v) is 10.1. The molecule has 1 aliphatic rings. The van der Waals surface area contributed by atoms with E-state index in [1.807, 2.05) is 13.0 Å². The van der Waals surface area contributed by atoms with Crippen molar-refractivity contribution < 1.29 is 18.0 Å². The first-order chi connectivity index (χ1) is 11.8. The Bertz CT molecular complexity index is 733. The lowest BCUT2D eigenvalue weighted by Gasteiger charge is -2.23. The fourth-order valence-electron chi connectivity index (χ4n) is 3.04. The van der Waals surface area contributed by atoms with E-state index < -0.39 is 22.0 Å². The van der Waals surface area contributed by atoms with Crippen molar-refractivity contribution in [2.24, 2.45) is 5.73 Å². The lowest BCUT2D eigenvalue weighted by atomic mass is 10.1. The lowest BCUT2D eigenvalue weighted by Crippen LogP contribution is -2.46. The second-order valence-corrected chi connectivity index (χ2v) is 8.23. The molecule has 1 aromatic rings. The summed E-state index contributed by atoms with van der Waals surface area (Å²) in [6.07, 6.45) is 2.32. The maximum absolute atomic E-state index is 12.4. The molecule has 1 atom stereocenters. The number of hydrogen-bond acceptors (Lipinski definition) is 4. The van der Waals surface area contributed by atoms with Gasteiger partial charge in [-0.25, -0.2) is 8.42 Å². The average Bonchev–Trinajstić information content (AvgIpc) is 3.05. The van der Waals surface area contributed by atoms with Crippen molar-refractivity contribution in [1.82, 2.24) is 9.62 Å². The SMILES string of the molecule is CCCS(=O)(=O)N1CCCC1C(=O)NCCc1cccc(C(N)=O)c1. The van der Waals surface area contributed by atoms with Crippen molar-refractivity contribution in [3.8, 4) is 0 Å². The van der Waals surface area contributed by atoms with E-state index in [2.05, 4.69) is 5.32 Å². The van der Waals surface area contributed by atoms with Crippen LogP contribution in [0.5, 0.6) is 0 Å². The molecule has 7 nitrogen and oxygen atoms in total. The van der Waals surface area contributed by atoms with Crippen molar-refractivity contribution in [3.05, 3.63) is 35.4 Å². The van der Waals surface area contributed by atoms with Gasteiger partial charge in [0, 0.05) is 18.7 Å². The highest BCUT2D eigenvalue weighted by Crippen LogP contribution is 2.22. The predicted molar refractivity (Wildman–Crippen MR) is 95.5 cm³/mol. The normalized spacial score (nSPS) is 18.2. The molecule has 1 heterocycles. The third-order valence-electron chi connectivity index (χ3n) is 4.25. The summed E-state index contributed by atoms with van der Waals surface area (Å²) in [5.74, 6) is -0.687. The van der Waals surface area contributed by atoms with E-state index in [1.54, 1.807) is 18.2 Å². The van der Waals surface area contributed by atoms with Crippen LogP contribution in [-0.2, 0) is 21.2 Å². The van der Waals surface area contributed by atoms with E-state index in [0.29, 0.717) is 44.3 Å². The molecule has 3 N–H and O–H groups in total. The minimum Gasteiger partial charge on any atom is -0.366 e. The Morgan fingerprint density at radius 1 is 1.36 bits per heavy atom. The summed E-state index contributed by atoms with van der Waals surface area (Å²) < 4.78 is 25.8. The number of primary amides is 1. The van der Waals surface area contributed by atoms with E-state index in [-0.39, 0.29) is 11.7 Å². The molecule has 1 saturated heterocycles. The zero-order chi connectivity index (χ0) is 18.4. The fourth-order valence-corrected chi connectivity index (χ4v) is 4.78. The Morgan fingerprint density at radius 3 is 2.80 bits per heavy atom. The number of benzene rings is 1. The highest BCUT2D eigenvalue weighted by Gasteiger charge is 2.37. The van der Waals surface area contributed by atoms with Gasteiger partial charge >= 0.3 is 0 Å². The highest BCUT2D eigenvalue weighted by molar-refractivity contribution is 7.89. The van der Waals surface area contributed by atoms with Crippen LogP contribution in [0.2, 0.25) is 0 Å². The number of sulfonamides is 1. The largest absolute Gasteiger partial charge is 0.366 e. The van der Waals surface area contributed by atoms with Crippen LogP contribution >= 0.6 is 0 Å². The Balaban J connectivity index is 1.91. The minimum absolute atomic E-state index is 0.0662. The number of nitrogens with two attached hydrogens (primary N) is 1. The van der Waals surface area contributed by atoms with E-state index in [9.17, 15) is 18.0 Å². The molecule has 0 spiro atoms. The van der Waals surface area contributed by atoms with Crippen molar-refractivity contribution in [1.29, 1.82) is 0 Å². The summed E-state index contributed by atoms with van der Waals surface area (Å²) in [4.78, 5) is 23.6. The first kappa shape index (κ1) is 19.4. The third kappa shape index (κ3) is 5.02. The second-order valence-electron chi connectivity index (χ2n) is 6.19. The molecule has 0 bridgehead atoms. The highest BCUT2D eigenvalue weighted by atomic mass is 32.2. The van der Waals surface area contributed by atoms with Gasteiger partial charge in [0.2, 0.25) is 21.8 Å². The molecule has 1 aromatic carbocycles. The van der Waals surface area contributed by atoms with Crippen molar-refractivity contribution in [2.75, 3.05) is 18.8 Å². The summed E-state index contributed by atoms with van der Waals surface area (Å²) in [5.41, 5.74) is 6.57. The molecule has 0 saturated carbocycles. The summed E-state index contributed by atoms with van der Waals surface area (Å²) in [5, 5.41) is 2.80. The second kappa shape index (κ2) is 8.44. The van der Waals surface area contributed by atoms with E-state index in [1.165, 1.54) is 4.31 Å². The van der Waals surface area contributed by atoms with Crippen LogP contribution in [0.3, 0.4) is 0 Å². The molecule has 1 fully saturated rings. The first-order valence-electron chi connectivity index (χ1n) is 8.51. The number of carbonyl (C=O) groups is 2. The quantitative estimate of drug-likeness (QED) is 0.703. The monoisotopic (exact) mass is 367 g/mol. The zero-order valence-corrected chi connectivity index (χ0v) is 15.2. The predicted octanol–water partition coefficient (Wildman–Crippen LogP) is 0.648. The number of hydrogen-bond donors (Lipinski definition) is 2. The van der Waals surface area contributed by atoms with Gasteiger partial charge in [-0.1, -0.05) is 19.1 Å². The van der Waals surface area contributed by atoms with E-state index in [4.69, 9.17) is 5.73 Å². The Labute approximate surface area is 148 Å². The molecule has 2 rings (SSSR count). The summed E-state index contributed by atoms with van der Waals surface area (Å²) in [6.45, 7) is 2.59. The molecule has 1 aliphatic heterocycles. The summed E-state index contributed by atoms with van der Waals surface area (Å²) in [6, 6.07) is 6.31. The summed E-state index contributed by atoms with van der Waals surface area (Å²) in [7, 11) is -3.38. The maximum atomic E-state index is 12.4. The van der Waals surface area contributed by atoms with Crippen LogP contribution < -0.4 is 11.1 Å². The van der Waals surface area contributed by atoms with Gasteiger partial charge in [0.25, 0.3) is 0 Å². The van der Waals surface area contributed by atoms with Gasteiger partial charge in [-0.2, -0.15) is 4.31 Å². The molecule has 0 aliphatic carbocycles. The van der Waals surface area contributed by atoms with Gasteiger partial charge in [-0.15, -0.1) is 0 Å². The Hall–Kier alpha value is -1.93. The molecule has 0 radical (unpaired) electrons. The Kier molecular flexibility index (Phi) is 6.55.